The van der Waals surface area contributed by atoms with Gasteiger partial charge in [0.05, 0.1) is 17.1 Å². The number of anilines is 1. The van der Waals surface area contributed by atoms with E-state index in [-0.39, 0.29) is 5.91 Å². The van der Waals surface area contributed by atoms with Gasteiger partial charge in [-0.1, -0.05) is 0 Å². The minimum atomic E-state index is -0.0904. The summed E-state index contributed by atoms with van der Waals surface area (Å²) < 4.78 is 2.00. The van der Waals surface area contributed by atoms with Gasteiger partial charge in [-0.2, -0.15) is 5.26 Å². The SMILES string of the molecule is N#Cc1cc(-c2ccc(N)nc2)c2c(c1)cc1n2CCNC1=O. The molecule has 6 nitrogen and oxygen atoms in total. The summed E-state index contributed by atoms with van der Waals surface area (Å²) in [6.45, 7) is 1.29. The van der Waals surface area contributed by atoms with Gasteiger partial charge >= 0.3 is 0 Å². The summed E-state index contributed by atoms with van der Waals surface area (Å²) in [5.74, 6) is 0.352. The number of fused-ring (bicyclic) bond motifs is 3. The molecule has 3 N–H and O–H groups in total. The Hall–Kier alpha value is -3.33. The molecule has 112 valence electrons. The molecule has 0 bridgehead atoms. The number of nitrogens with one attached hydrogen (secondary N) is 1. The molecule has 1 aliphatic heterocycles. The second-order valence-electron chi connectivity index (χ2n) is 5.48. The second kappa shape index (κ2) is 4.85. The summed E-state index contributed by atoms with van der Waals surface area (Å²) in [6, 6.07) is 11.3. The summed E-state index contributed by atoms with van der Waals surface area (Å²) in [5.41, 5.74) is 9.52. The zero-order chi connectivity index (χ0) is 16.0. The summed E-state index contributed by atoms with van der Waals surface area (Å²) in [4.78, 5) is 16.2. The van der Waals surface area contributed by atoms with E-state index in [0.717, 1.165) is 22.0 Å². The van der Waals surface area contributed by atoms with Crippen LogP contribution in [0.5, 0.6) is 0 Å². The molecule has 0 saturated heterocycles. The van der Waals surface area contributed by atoms with Crippen LogP contribution in [0.25, 0.3) is 22.0 Å². The van der Waals surface area contributed by atoms with Crippen molar-refractivity contribution in [3.8, 4) is 17.2 Å². The molecule has 4 rings (SSSR count). The first-order valence-corrected chi connectivity index (χ1v) is 7.25. The van der Waals surface area contributed by atoms with E-state index in [4.69, 9.17) is 5.73 Å². The molecule has 0 atom stereocenters. The number of nitrogens with two attached hydrogens (primary N) is 1. The highest BCUT2D eigenvalue weighted by molar-refractivity contribution is 6.04. The van der Waals surface area contributed by atoms with Crippen LogP contribution in [0, 0.1) is 11.3 Å². The van der Waals surface area contributed by atoms with Gasteiger partial charge in [-0.05, 0) is 30.3 Å². The Morgan fingerprint density at radius 1 is 1.30 bits per heavy atom. The normalized spacial score (nSPS) is 13.4. The smallest absolute Gasteiger partial charge is 0.268 e. The van der Waals surface area contributed by atoms with Crippen molar-refractivity contribution in [2.45, 2.75) is 6.54 Å². The van der Waals surface area contributed by atoms with Gasteiger partial charge in [-0.3, -0.25) is 4.79 Å². The molecular formula is C17H13N5O. The van der Waals surface area contributed by atoms with E-state index in [1.54, 1.807) is 12.3 Å². The number of carbonyl (C=O) groups is 1. The molecule has 0 spiro atoms. The zero-order valence-electron chi connectivity index (χ0n) is 12.2. The Morgan fingerprint density at radius 3 is 2.91 bits per heavy atom. The van der Waals surface area contributed by atoms with Gasteiger partial charge in [0.2, 0.25) is 0 Å². The Labute approximate surface area is 132 Å². The van der Waals surface area contributed by atoms with Crippen molar-refractivity contribution < 1.29 is 4.79 Å². The van der Waals surface area contributed by atoms with E-state index in [1.165, 1.54) is 0 Å². The highest BCUT2D eigenvalue weighted by Gasteiger charge is 2.22. The van der Waals surface area contributed by atoms with Crippen LogP contribution in [0.1, 0.15) is 16.1 Å². The Bertz CT molecular complexity index is 979. The van der Waals surface area contributed by atoms with Crippen LogP contribution < -0.4 is 11.1 Å². The van der Waals surface area contributed by atoms with Gasteiger partial charge in [-0.25, -0.2) is 4.98 Å². The molecule has 1 aliphatic rings. The van der Waals surface area contributed by atoms with Crippen LogP contribution in [0.2, 0.25) is 0 Å². The van der Waals surface area contributed by atoms with Crippen LogP contribution >= 0.6 is 0 Å². The average molecular weight is 303 g/mol. The fourth-order valence-corrected chi connectivity index (χ4v) is 3.06. The number of hydrogen-bond acceptors (Lipinski definition) is 4. The van der Waals surface area contributed by atoms with Crippen molar-refractivity contribution in [1.29, 1.82) is 5.26 Å². The van der Waals surface area contributed by atoms with E-state index in [2.05, 4.69) is 16.4 Å². The predicted molar refractivity (Wildman–Crippen MR) is 86.6 cm³/mol. The minimum Gasteiger partial charge on any atom is -0.384 e. The fourth-order valence-electron chi connectivity index (χ4n) is 3.06. The molecular weight excluding hydrogens is 290 g/mol. The predicted octanol–water partition coefficient (Wildman–Crippen LogP) is 1.90. The Balaban J connectivity index is 2.07. The van der Waals surface area contributed by atoms with E-state index in [0.29, 0.717) is 30.2 Å². The van der Waals surface area contributed by atoms with Crippen LogP contribution in [0.4, 0.5) is 5.82 Å². The van der Waals surface area contributed by atoms with Crippen LogP contribution in [-0.2, 0) is 6.54 Å². The third-order valence-corrected chi connectivity index (χ3v) is 4.07. The topological polar surface area (TPSA) is 96.7 Å². The molecule has 2 aromatic heterocycles. The molecule has 23 heavy (non-hydrogen) atoms. The van der Waals surface area contributed by atoms with Gasteiger partial charge in [0, 0.05) is 35.8 Å². The van der Waals surface area contributed by atoms with Crippen molar-refractivity contribution in [2.24, 2.45) is 0 Å². The Morgan fingerprint density at radius 2 is 2.17 bits per heavy atom. The first kappa shape index (κ1) is 13.3. The Kier molecular flexibility index (Phi) is 2.81. The van der Waals surface area contributed by atoms with Crippen molar-refractivity contribution in [2.75, 3.05) is 12.3 Å². The van der Waals surface area contributed by atoms with Crippen molar-refractivity contribution in [1.82, 2.24) is 14.9 Å². The monoisotopic (exact) mass is 303 g/mol. The van der Waals surface area contributed by atoms with Gasteiger partial charge < -0.3 is 15.6 Å². The van der Waals surface area contributed by atoms with Gasteiger partial charge in [0.1, 0.15) is 11.5 Å². The molecule has 1 amide bonds. The first-order valence-electron chi connectivity index (χ1n) is 7.25. The largest absolute Gasteiger partial charge is 0.384 e. The number of nitrogen functional groups attached to an aromatic ring is 1. The van der Waals surface area contributed by atoms with Gasteiger partial charge in [-0.15, -0.1) is 0 Å². The first-order chi connectivity index (χ1) is 11.2. The fraction of sp³-hybridized carbons (Fsp3) is 0.118. The summed E-state index contributed by atoms with van der Waals surface area (Å²) in [7, 11) is 0. The molecule has 6 heteroatoms. The molecule has 3 aromatic rings. The number of hydrogen-bond donors (Lipinski definition) is 2. The lowest BCUT2D eigenvalue weighted by Crippen LogP contribution is -2.34. The standard InChI is InChI=1S/C17H13N5O/c18-8-10-5-12-7-14-17(23)20-3-4-22(14)16(12)13(6-10)11-1-2-15(19)21-9-11/h1-2,5-7,9H,3-4H2,(H2,19,21)(H,20,23). The molecule has 0 fully saturated rings. The quantitative estimate of drug-likeness (QED) is 0.717. The van der Waals surface area contributed by atoms with Gasteiger partial charge in [0.15, 0.2) is 0 Å². The van der Waals surface area contributed by atoms with Crippen molar-refractivity contribution >= 4 is 22.6 Å². The van der Waals surface area contributed by atoms with E-state index in [9.17, 15) is 10.1 Å². The van der Waals surface area contributed by atoms with E-state index in [1.807, 2.05) is 28.8 Å². The lowest BCUT2D eigenvalue weighted by molar-refractivity contribution is 0.0929. The highest BCUT2D eigenvalue weighted by Crippen LogP contribution is 2.33. The molecule has 0 saturated carbocycles. The summed E-state index contributed by atoms with van der Waals surface area (Å²) in [5, 5.41) is 13.0. The number of aromatic nitrogens is 2. The van der Waals surface area contributed by atoms with Gasteiger partial charge in [0.25, 0.3) is 5.91 Å². The number of amides is 1. The van der Waals surface area contributed by atoms with Crippen LogP contribution in [0.3, 0.4) is 0 Å². The maximum Gasteiger partial charge on any atom is 0.268 e. The van der Waals surface area contributed by atoms with Crippen LogP contribution in [-0.4, -0.2) is 22.0 Å². The third kappa shape index (κ3) is 2.02. The zero-order valence-corrected chi connectivity index (χ0v) is 12.2. The van der Waals surface area contributed by atoms with E-state index >= 15 is 0 Å². The van der Waals surface area contributed by atoms with Crippen LogP contribution in [0.15, 0.2) is 36.5 Å². The molecule has 0 aliphatic carbocycles. The number of pyridine rings is 1. The number of rotatable bonds is 1. The summed E-state index contributed by atoms with van der Waals surface area (Å²) >= 11 is 0. The van der Waals surface area contributed by atoms with Crippen molar-refractivity contribution in [3.05, 3.63) is 47.8 Å². The maximum atomic E-state index is 12.1. The second-order valence-corrected chi connectivity index (χ2v) is 5.48. The molecule has 0 unspecified atom stereocenters. The van der Waals surface area contributed by atoms with E-state index < -0.39 is 0 Å². The minimum absolute atomic E-state index is 0.0904. The molecule has 1 aromatic carbocycles. The summed E-state index contributed by atoms with van der Waals surface area (Å²) in [6.07, 6.45) is 1.69. The maximum absolute atomic E-state index is 12.1. The number of carbonyl (C=O) groups excluding carboxylic acids is 1. The number of nitriles is 1. The number of benzene rings is 1. The molecule has 3 heterocycles. The lowest BCUT2D eigenvalue weighted by Gasteiger charge is -2.18. The average Bonchev–Trinajstić information content (AvgIpc) is 2.95. The lowest BCUT2D eigenvalue weighted by atomic mass is 10.0. The van der Waals surface area contributed by atoms with Crippen molar-refractivity contribution in [3.63, 3.8) is 0 Å². The third-order valence-electron chi connectivity index (χ3n) is 4.07. The molecule has 0 radical (unpaired) electrons. The highest BCUT2D eigenvalue weighted by atomic mass is 16.2. The number of nitrogens with zero attached hydrogens (tertiary/aromatic N) is 3.